The fourth-order valence-corrected chi connectivity index (χ4v) is 3.32. The van der Waals surface area contributed by atoms with E-state index in [0.29, 0.717) is 30.4 Å². The summed E-state index contributed by atoms with van der Waals surface area (Å²) in [7, 11) is 0. The topological polar surface area (TPSA) is 98.1 Å². The first-order valence-electron chi connectivity index (χ1n) is 8.53. The first kappa shape index (κ1) is 14.9. The van der Waals surface area contributed by atoms with Crippen LogP contribution in [-0.4, -0.2) is 35.5 Å². The Morgan fingerprint density at radius 1 is 1.08 bits per heavy atom. The summed E-state index contributed by atoms with van der Waals surface area (Å²) < 4.78 is 7.30. The molecule has 0 aliphatic carbocycles. The minimum absolute atomic E-state index is 0.0841. The molecule has 1 aliphatic heterocycles. The van der Waals surface area contributed by atoms with E-state index >= 15 is 0 Å². The molecule has 9 heteroatoms. The van der Waals surface area contributed by atoms with Crippen molar-refractivity contribution >= 4 is 11.5 Å². The molecule has 4 heterocycles. The second-order valence-corrected chi connectivity index (χ2v) is 6.22. The predicted octanol–water partition coefficient (Wildman–Crippen LogP) is 1.77. The summed E-state index contributed by atoms with van der Waals surface area (Å²) >= 11 is 0. The number of aryl methyl sites for hydroxylation is 1. The molecule has 0 saturated heterocycles. The summed E-state index contributed by atoms with van der Waals surface area (Å²) in [5.41, 5.74) is 3.15. The molecule has 0 unspecified atom stereocenters. The molecule has 130 valence electrons. The molecule has 0 amide bonds. The lowest BCUT2D eigenvalue weighted by atomic mass is 9.94. The molecule has 9 nitrogen and oxygen atoms in total. The molecular weight excluding hydrogens is 332 g/mol. The van der Waals surface area contributed by atoms with Crippen LogP contribution in [0.25, 0.3) is 5.65 Å². The van der Waals surface area contributed by atoms with Gasteiger partial charge in [-0.05, 0) is 33.7 Å². The van der Waals surface area contributed by atoms with Gasteiger partial charge in [0.25, 0.3) is 0 Å². The molecule has 0 radical (unpaired) electrons. The SMILES string of the molecule is CCc1nnc([C@@H]2Cc3ccccc3CN2c2ccc3nnnn3n2)o1. The van der Waals surface area contributed by atoms with Crippen molar-refractivity contribution < 1.29 is 4.42 Å². The summed E-state index contributed by atoms with van der Waals surface area (Å²) in [6, 6.07) is 12.1. The van der Waals surface area contributed by atoms with Crippen molar-refractivity contribution in [3.05, 3.63) is 59.3 Å². The van der Waals surface area contributed by atoms with Crippen LogP contribution in [0.3, 0.4) is 0 Å². The number of nitrogens with zero attached hydrogens (tertiary/aromatic N) is 8. The van der Waals surface area contributed by atoms with Crippen molar-refractivity contribution in [1.29, 1.82) is 0 Å². The third-order valence-corrected chi connectivity index (χ3v) is 4.67. The number of hydrogen-bond donors (Lipinski definition) is 0. The van der Waals surface area contributed by atoms with Gasteiger partial charge in [-0.25, -0.2) is 0 Å². The number of benzene rings is 1. The van der Waals surface area contributed by atoms with Gasteiger partial charge in [0.05, 0.1) is 0 Å². The van der Waals surface area contributed by atoms with Crippen molar-refractivity contribution in [3.8, 4) is 0 Å². The van der Waals surface area contributed by atoms with Crippen LogP contribution in [0.15, 0.2) is 40.8 Å². The van der Waals surface area contributed by atoms with Gasteiger partial charge < -0.3 is 9.32 Å². The summed E-state index contributed by atoms with van der Waals surface area (Å²) in [4.78, 5) is 2.16. The molecule has 26 heavy (non-hydrogen) atoms. The second-order valence-electron chi connectivity index (χ2n) is 6.22. The van der Waals surface area contributed by atoms with Crippen LogP contribution < -0.4 is 4.90 Å². The van der Waals surface area contributed by atoms with Crippen LogP contribution in [-0.2, 0) is 19.4 Å². The predicted molar refractivity (Wildman–Crippen MR) is 91.3 cm³/mol. The largest absolute Gasteiger partial charge is 0.423 e. The summed E-state index contributed by atoms with van der Waals surface area (Å²) in [6.07, 6.45) is 1.49. The molecule has 3 aromatic heterocycles. The minimum Gasteiger partial charge on any atom is -0.423 e. The highest BCUT2D eigenvalue weighted by molar-refractivity contribution is 5.49. The Hall–Kier alpha value is -3.36. The smallest absolute Gasteiger partial charge is 0.239 e. The first-order valence-corrected chi connectivity index (χ1v) is 8.53. The standard InChI is InChI=1S/C17H16N8O/c1-2-16-19-20-17(26-16)13-9-11-5-3-4-6-12(11)10-24(13)15-8-7-14-18-22-23-25(14)21-15/h3-8,13H,2,9-10H2,1H3/t13-/m0/s1. The van der Waals surface area contributed by atoms with Crippen LogP contribution in [0, 0.1) is 0 Å². The Balaban J connectivity index is 1.61. The second kappa shape index (κ2) is 5.87. The van der Waals surface area contributed by atoms with Crippen molar-refractivity contribution in [2.24, 2.45) is 0 Å². The van der Waals surface area contributed by atoms with Gasteiger partial charge in [0.1, 0.15) is 6.04 Å². The van der Waals surface area contributed by atoms with E-state index in [0.717, 1.165) is 12.2 Å². The minimum atomic E-state index is -0.0841. The number of aromatic nitrogens is 7. The summed E-state index contributed by atoms with van der Waals surface area (Å²) in [6.45, 7) is 2.70. The van der Waals surface area contributed by atoms with Gasteiger partial charge >= 0.3 is 0 Å². The van der Waals surface area contributed by atoms with E-state index in [1.54, 1.807) is 0 Å². The van der Waals surface area contributed by atoms with Gasteiger partial charge in [-0.15, -0.1) is 25.0 Å². The number of anilines is 1. The van der Waals surface area contributed by atoms with E-state index in [-0.39, 0.29) is 6.04 Å². The molecular formula is C17H16N8O. The molecule has 0 spiro atoms. The Morgan fingerprint density at radius 2 is 1.96 bits per heavy atom. The lowest BCUT2D eigenvalue weighted by Gasteiger charge is -2.35. The normalized spacial score (nSPS) is 16.8. The molecule has 1 atom stereocenters. The van der Waals surface area contributed by atoms with Crippen LogP contribution in [0.4, 0.5) is 5.82 Å². The lowest BCUT2D eigenvalue weighted by molar-refractivity contribution is 0.395. The third kappa shape index (κ3) is 2.40. The molecule has 0 fully saturated rings. The Morgan fingerprint density at radius 3 is 2.81 bits per heavy atom. The number of rotatable bonds is 3. The average molecular weight is 348 g/mol. The van der Waals surface area contributed by atoms with Gasteiger partial charge in [0.15, 0.2) is 11.5 Å². The van der Waals surface area contributed by atoms with Crippen LogP contribution in [0.2, 0.25) is 0 Å². The molecule has 0 N–H and O–H groups in total. The zero-order valence-corrected chi connectivity index (χ0v) is 14.1. The van der Waals surface area contributed by atoms with Gasteiger partial charge in [-0.2, -0.15) is 0 Å². The molecule has 0 saturated carbocycles. The molecule has 4 aromatic rings. The van der Waals surface area contributed by atoms with Crippen LogP contribution in [0.5, 0.6) is 0 Å². The van der Waals surface area contributed by atoms with E-state index in [1.165, 1.54) is 15.8 Å². The molecule has 1 aromatic carbocycles. The molecule has 5 rings (SSSR count). The Labute approximate surface area is 148 Å². The monoisotopic (exact) mass is 348 g/mol. The van der Waals surface area contributed by atoms with E-state index in [1.807, 2.05) is 19.1 Å². The van der Waals surface area contributed by atoms with Crippen LogP contribution in [0.1, 0.15) is 35.9 Å². The maximum absolute atomic E-state index is 5.87. The van der Waals surface area contributed by atoms with Crippen molar-refractivity contribution in [2.75, 3.05) is 4.90 Å². The maximum Gasteiger partial charge on any atom is 0.239 e. The maximum atomic E-state index is 5.87. The average Bonchev–Trinajstić information content (AvgIpc) is 3.35. The van der Waals surface area contributed by atoms with E-state index in [9.17, 15) is 0 Å². The number of fused-ring (bicyclic) bond motifs is 2. The fraction of sp³-hybridized carbons (Fsp3) is 0.294. The van der Waals surface area contributed by atoms with Gasteiger partial charge in [0.2, 0.25) is 11.8 Å². The quantitative estimate of drug-likeness (QED) is 0.552. The van der Waals surface area contributed by atoms with Gasteiger partial charge in [0, 0.05) is 19.4 Å². The molecule has 0 bridgehead atoms. The van der Waals surface area contributed by atoms with Crippen molar-refractivity contribution in [1.82, 2.24) is 35.5 Å². The zero-order valence-electron chi connectivity index (χ0n) is 14.1. The summed E-state index contributed by atoms with van der Waals surface area (Å²) in [5, 5.41) is 24.4. The van der Waals surface area contributed by atoms with Crippen molar-refractivity contribution in [2.45, 2.75) is 32.4 Å². The van der Waals surface area contributed by atoms with E-state index < -0.39 is 0 Å². The summed E-state index contributed by atoms with van der Waals surface area (Å²) in [5.74, 6) is 2.01. The highest BCUT2D eigenvalue weighted by Crippen LogP contribution is 2.35. The number of tetrazole rings is 1. The van der Waals surface area contributed by atoms with E-state index in [2.05, 4.69) is 60.0 Å². The lowest BCUT2D eigenvalue weighted by Crippen LogP contribution is -2.35. The zero-order chi connectivity index (χ0) is 17.5. The highest BCUT2D eigenvalue weighted by atomic mass is 16.4. The van der Waals surface area contributed by atoms with Crippen molar-refractivity contribution in [3.63, 3.8) is 0 Å². The van der Waals surface area contributed by atoms with E-state index in [4.69, 9.17) is 4.42 Å². The number of hydrogen-bond acceptors (Lipinski definition) is 8. The highest BCUT2D eigenvalue weighted by Gasteiger charge is 2.32. The first-order chi connectivity index (χ1) is 12.8. The van der Waals surface area contributed by atoms with Gasteiger partial charge in [-0.1, -0.05) is 31.2 Å². The Bertz CT molecular complexity index is 1070. The third-order valence-electron chi connectivity index (χ3n) is 4.67. The van der Waals surface area contributed by atoms with Crippen LogP contribution >= 0.6 is 0 Å². The fourth-order valence-electron chi connectivity index (χ4n) is 3.32. The van der Waals surface area contributed by atoms with Gasteiger partial charge in [-0.3, -0.25) is 0 Å². The Kier molecular flexibility index (Phi) is 3.37. The molecule has 1 aliphatic rings.